The van der Waals surface area contributed by atoms with Gasteiger partial charge in [-0.2, -0.15) is 0 Å². The highest BCUT2D eigenvalue weighted by Gasteiger charge is 2.29. The molecule has 1 fully saturated rings. The van der Waals surface area contributed by atoms with Crippen LogP contribution in [0, 0.1) is 26.7 Å². The molecule has 0 saturated carbocycles. The molecule has 0 radical (unpaired) electrons. The van der Waals surface area contributed by atoms with E-state index in [9.17, 15) is 9.90 Å². The molecule has 180 valence electrons. The molecule has 2 aromatic heterocycles. The summed E-state index contributed by atoms with van der Waals surface area (Å²) in [6.45, 7) is 6.74. The summed E-state index contributed by atoms with van der Waals surface area (Å²) in [5.74, 6) is 1.39. The van der Waals surface area contributed by atoms with Gasteiger partial charge in [0.05, 0.1) is 29.5 Å². The maximum atomic E-state index is 12.2. The molecule has 1 aromatic carbocycles. The maximum absolute atomic E-state index is 12.2. The van der Waals surface area contributed by atoms with Gasteiger partial charge in [-0.1, -0.05) is 17.3 Å². The van der Waals surface area contributed by atoms with Crippen LogP contribution in [0.3, 0.4) is 0 Å². The van der Waals surface area contributed by atoms with Crippen LogP contribution >= 0.6 is 0 Å². The second-order valence-corrected chi connectivity index (χ2v) is 8.57. The molecule has 1 unspecified atom stereocenters. The summed E-state index contributed by atoms with van der Waals surface area (Å²) in [5, 5.41) is 17.0. The number of aryl methyl sites for hydroxylation is 2. The summed E-state index contributed by atoms with van der Waals surface area (Å²) < 4.78 is 16.3. The number of hydrogen-bond acceptors (Lipinski definition) is 9. The highest BCUT2D eigenvalue weighted by atomic mass is 16.5. The van der Waals surface area contributed by atoms with Gasteiger partial charge in [0, 0.05) is 24.2 Å². The number of aliphatic hydroxyl groups is 1. The van der Waals surface area contributed by atoms with E-state index in [4.69, 9.17) is 24.0 Å². The molecule has 0 amide bonds. The molecule has 1 saturated heterocycles. The number of nitrogens with one attached hydrogen (secondary N) is 1. The van der Waals surface area contributed by atoms with E-state index in [1.54, 1.807) is 7.05 Å². The van der Waals surface area contributed by atoms with Crippen molar-refractivity contribution < 1.29 is 23.9 Å². The van der Waals surface area contributed by atoms with E-state index in [-0.39, 0.29) is 18.5 Å². The molecule has 1 aliphatic rings. The number of cyclic esters (lactones) is 1. The van der Waals surface area contributed by atoms with Crippen molar-refractivity contribution in [1.82, 2.24) is 20.4 Å². The monoisotopic (exact) mass is 466 g/mol. The van der Waals surface area contributed by atoms with Gasteiger partial charge >= 0.3 is 5.97 Å². The molecule has 0 spiro atoms. The van der Waals surface area contributed by atoms with E-state index in [0.29, 0.717) is 43.3 Å². The molecule has 9 heteroatoms. The van der Waals surface area contributed by atoms with Crippen molar-refractivity contribution in [3.05, 3.63) is 47.0 Å². The zero-order valence-electron chi connectivity index (χ0n) is 19.9. The number of benzene rings is 1. The molecule has 0 bridgehead atoms. The first-order valence-corrected chi connectivity index (χ1v) is 11.4. The molecule has 3 aromatic rings. The number of hydrogen-bond donors (Lipinski definition) is 2. The number of esters is 1. The van der Waals surface area contributed by atoms with E-state index in [1.807, 2.05) is 45.0 Å². The lowest BCUT2D eigenvalue weighted by molar-refractivity contribution is -0.141. The summed E-state index contributed by atoms with van der Waals surface area (Å²) in [5.41, 5.74) is 4.76. The van der Waals surface area contributed by atoms with E-state index < -0.39 is 6.10 Å². The average Bonchev–Trinajstić information content (AvgIpc) is 3.38. The fraction of sp³-hybridized carbons (Fsp3) is 0.440. The van der Waals surface area contributed by atoms with Crippen molar-refractivity contribution in [2.45, 2.75) is 39.7 Å². The van der Waals surface area contributed by atoms with Crippen molar-refractivity contribution in [3.63, 3.8) is 0 Å². The van der Waals surface area contributed by atoms with Crippen molar-refractivity contribution in [1.29, 1.82) is 0 Å². The summed E-state index contributed by atoms with van der Waals surface area (Å²) in [7, 11) is 1.78. The first kappa shape index (κ1) is 23.8. The lowest BCUT2D eigenvalue weighted by Crippen LogP contribution is -2.29. The Morgan fingerprint density at radius 2 is 2.09 bits per heavy atom. The number of aliphatic hydroxyl groups excluding tert-OH is 1. The predicted octanol–water partition coefficient (Wildman–Crippen LogP) is 2.79. The molecule has 34 heavy (non-hydrogen) atoms. The zero-order chi connectivity index (χ0) is 24.2. The molecule has 3 heterocycles. The minimum Gasteiger partial charge on any atom is -0.491 e. The number of carbonyl (C=O) groups excluding carboxylic acids is 1. The zero-order valence-corrected chi connectivity index (χ0v) is 19.9. The number of rotatable bonds is 9. The number of aromatic nitrogens is 3. The van der Waals surface area contributed by atoms with Gasteiger partial charge in [0.25, 0.3) is 0 Å². The minimum absolute atomic E-state index is 0.165. The SMILES string of the molecule is CNCC(O)COc1cccc(-c2nc(C[C@H]3CCOC3=O)c(C)c(-c3c(C)noc3C)n2)c1. The molecule has 2 N–H and O–H groups in total. The van der Waals surface area contributed by atoms with Gasteiger partial charge in [0.2, 0.25) is 0 Å². The molecule has 0 aliphatic carbocycles. The van der Waals surface area contributed by atoms with Crippen LogP contribution < -0.4 is 10.1 Å². The Morgan fingerprint density at radius 1 is 1.26 bits per heavy atom. The summed E-state index contributed by atoms with van der Waals surface area (Å²) in [6, 6.07) is 7.45. The Hall–Kier alpha value is -3.30. The highest BCUT2D eigenvalue weighted by molar-refractivity contribution is 5.75. The highest BCUT2D eigenvalue weighted by Crippen LogP contribution is 2.33. The lowest BCUT2D eigenvalue weighted by atomic mass is 9.96. The van der Waals surface area contributed by atoms with Gasteiger partial charge in [0.15, 0.2) is 5.82 Å². The largest absolute Gasteiger partial charge is 0.491 e. The molecular formula is C25H30N4O5. The predicted molar refractivity (Wildman–Crippen MR) is 125 cm³/mol. The summed E-state index contributed by atoms with van der Waals surface area (Å²) >= 11 is 0. The van der Waals surface area contributed by atoms with Crippen LogP contribution in [0.4, 0.5) is 0 Å². The molecule has 1 aliphatic heterocycles. The Morgan fingerprint density at radius 3 is 2.76 bits per heavy atom. The lowest BCUT2D eigenvalue weighted by Gasteiger charge is -2.15. The smallest absolute Gasteiger partial charge is 0.309 e. The van der Waals surface area contributed by atoms with Gasteiger partial charge in [-0.3, -0.25) is 4.79 Å². The van der Waals surface area contributed by atoms with Crippen LogP contribution in [-0.2, 0) is 16.0 Å². The van der Waals surface area contributed by atoms with Gasteiger partial charge < -0.3 is 24.4 Å². The topological polar surface area (TPSA) is 120 Å². The number of nitrogens with zero attached hydrogens (tertiary/aromatic N) is 3. The second-order valence-electron chi connectivity index (χ2n) is 8.57. The third-order valence-electron chi connectivity index (χ3n) is 5.97. The Labute approximate surface area is 198 Å². The number of carbonyl (C=O) groups is 1. The first-order chi connectivity index (χ1) is 16.4. The van der Waals surface area contributed by atoms with Crippen molar-refractivity contribution in [2.24, 2.45) is 5.92 Å². The first-order valence-electron chi connectivity index (χ1n) is 11.4. The number of likely N-dealkylation sites (N-methyl/N-ethyl adjacent to an activating group) is 1. The van der Waals surface area contributed by atoms with Crippen LogP contribution in [0.15, 0.2) is 28.8 Å². The van der Waals surface area contributed by atoms with Gasteiger partial charge in [-0.15, -0.1) is 0 Å². The fourth-order valence-corrected chi connectivity index (χ4v) is 4.12. The molecule has 9 nitrogen and oxygen atoms in total. The van der Waals surface area contributed by atoms with E-state index in [2.05, 4.69) is 10.5 Å². The Kier molecular flexibility index (Phi) is 7.23. The van der Waals surface area contributed by atoms with Crippen LogP contribution in [0.1, 0.15) is 29.1 Å². The van der Waals surface area contributed by atoms with Crippen molar-refractivity contribution in [3.8, 4) is 28.4 Å². The summed E-state index contributed by atoms with van der Waals surface area (Å²) in [6.07, 6.45) is 0.535. The van der Waals surface area contributed by atoms with Crippen LogP contribution in [0.2, 0.25) is 0 Å². The Balaban J connectivity index is 1.73. The normalized spacial score (nSPS) is 16.5. The molecule has 2 atom stereocenters. The molecular weight excluding hydrogens is 436 g/mol. The second kappa shape index (κ2) is 10.3. The standard InChI is InChI=1S/C25H30N4O5/c1-14-21(11-18-8-9-32-25(18)31)27-24(28-23(14)22-15(2)29-34-16(22)3)17-6-5-7-20(10-17)33-13-19(30)12-26-4/h5-7,10,18-19,26,30H,8-9,11-13H2,1-4H3/t18-,19?/m1/s1. The third kappa shape index (κ3) is 5.10. The quantitative estimate of drug-likeness (QED) is 0.459. The van der Waals surface area contributed by atoms with Gasteiger partial charge in [0.1, 0.15) is 24.2 Å². The number of ether oxygens (including phenoxy) is 2. The maximum Gasteiger partial charge on any atom is 0.309 e. The minimum atomic E-state index is -0.617. The van der Waals surface area contributed by atoms with Crippen molar-refractivity contribution in [2.75, 3.05) is 26.8 Å². The molecule has 4 rings (SSSR count). The van der Waals surface area contributed by atoms with E-state index >= 15 is 0 Å². The third-order valence-corrected chi connectivity index (χ3v) is 5.97. The van der Waals surface area contributed by atoms with Crippen molar-refractivity contribution >= 4 is 5.97 Å². The van der Waals surface area contributed by atoms with E-state index in [1.165, 1.54) is 0 Å². The van der Waals surface area contributed by atoms with E-state index in [0.717, 1.165) is 33.8 Å². The van der Waals surface area contributed by atoms with Crippen LogP contribution in [0.25, 0.3) is 22.6 Å². The van der Waals surface area contributed by atoms with Gasteiger partial charge in [-0.25, -0.2) is 9.97 Å². The fourth-order valence-electron chi connectivity index (χ4n) is 4.12. The average molecular weight is 467 g/mol. The van der Waals surface area contributed by atoms with Gasteiger partial charge in [-0.05, 0) is 51.9 Å². The summed E-state index contributed by atoms with van der Waals surface area (Å²) in [4.78, 5) is 21.9. The Bertz CT molecular complexity index is 1160. The van der Waals surface area contributed by atoms with Crippen LogP contribution in [0.5, 0.6) is 5.75 Å². The van der Waals surface area contributed by atoms with Crippen LogP contribution in [-0.4, -0.2) is 59.1 Å².